The lowest BCUT2D eigenvalue weighted by molar-refractivity contribution is 0.224. The number of carbonyl (C=O) groups excluding carboxylic acids is 1. The van der Waals surface area contributed by atoms with Crippen molar-refractivity contribution in [2.45, 2.75) is 64.5 Å². The molecule has 5 heteroatoms. The van der Waals surface area contributed by atoms with Gasteiger partial charge in [-0.05, 0) is 31.6 Å². The Kier molecular flexibility index (Phi) is 6.57. The molecular formula is C16H28N4O. The maximum atomic E-state index is 11.9. The molecule has 0 aromatic carbocycles. The largest absolute Gasteiger partial charge is 0.338 e. The number of nitrogens with zero attached hydrogens (tertiary/aromatic N) is 2. The molecule has 21 heavy (non-hydrogen) atoms. The van der Waals surface area contributed by atoms with Crippen molar-refractivity contribution in [1.82, 2.24) is 20.2 Å². The van der Waals surface area contributed by atoms with Crippen LogP contribution in [-0.4, -0.2) is 28.2 Å². The minimum atomic E-state index is -0.000570. The monoisotopic (exact) mass is 292 g/mol. The van der Waals surface area contributed by atoms with Gasteiger partial charge in [-0.1, -0.05) is 26.2 Å². The lowest BCUT2D eigenvalue weighted by Crippen LogP contribution is -2.44. The van der Waals surface area contributed by atoms with E-state index in [2.05, 4.69) is 27.1 Å². The van der Waals surface area contributed by atoms with Crippen molar-refractivity contribution < 1.29 is 4.79 Å². The second kappa shape index (κ2) is 8.70. The molecule has 0 bridgehead atoms. The number of urea groups is 1. The second-order valence-electron chi connectivity index (χ2n) is 6.05. The smallest absolute Gasteiger partial charge is 0.315 e. The number of hydrogen-bond acceptors (Lipinski definition) is 2. The van der Waals surface area contributed by atoms with Crippen LogP contribution in [0, 0.1) is 5.92 Å². The van der Waals surface area contributed by atoms with Crippen molar-refractivity contribution in [2.75, 3.05) is 6.54 Å². The number of nitrogens with one attached hydrogen (secondary N) is 2. The zero-order valence-electron chi connectivity index (χ0n) is 13.1. The Morgan fingerprint density at radius 3 is 3.05 bits per heavy atom. The Morgan fingerprint density at radius 2 is 2.29 bits per heavy atom. The molecule has 0 aliphatic heterocycles. The van der Waals surface area contributed by atoms with Crippen LogP contribution in [0.4, 0.5) is 4.79 Å². The average molecular weight is 292 g/mol. The fourth-order valence-corrected chi connectivity index (χ4v) is 3.07. The van der Waals surface area contributed by atoms with Gasteiger partial charge in [0.2, 0.25) is 0 Å². The van der Waals surface area contributed by atoms with Crippen LogP contribution >= 0.6 is 0 Å². The first-order valence-electron chi connectivity index (χ1n) is 8.28. The van der Waals surface area contributed by atoms with Crippen molar-refractivity contribution in [3.05, 3.63) is 18.7 Å². The summed E-state index contributed by atoms with van der Waals surface area (Å²) >= 11 is 0. The van der Waals surface area contributed by atoms with Gasteiger partial charge in [0.25, 0.3) is 0 Å². The molecule has 1 fully saturated rings. The van der Waals surface area contributed by atoms with Crippen molar-refractivity contribution in [3.63, 3.8) is 0 Å². The number of amides is 2. The van der Waals surface area contributed by atoms with Gasteiger partial charge in [-0.3, -0.25) is 0 Å². The fourth-order valence-electron chi connectivity index (χ4n) is 3.07. The van der Waals surface area contributed by atoms with E-state index in [-0.39, 0.29) is 6.03 Å². The molecule has 2 amide bonds. The van der Waals surface area contributed by atoms with E-state index in [0.717, 1.165) is 44.7 Å². The molecule has 2 rings (SSSR count). The third-order valence-electron chi connectivity index (χ3n) is 4.38. The van der Waals surface area contributed by atoms with Gasteiger partial charge in [0.05, 0.1) is 6.33 Å². The molecule has 1 heterocycles. The molecule has 1 aliphatic carbocycles. The van der Waals surface area contributed by atoms with E-state index in [9.17, 15) is 4.79 Å². The molecule has 1 aromatic rings. The Hall–Kier alpha value is -1.52. The highest BCUT2D eigenvalue weighted by Crippen LogP contribution is 2.26. The highest BCUT2D eigenvalue weighted by molar-refractivity contribution is 5.74. The van der Waals surface area contributed by atoms with Crippen molar-refractivity contribution >= 4 is 6.03 Å². The van der Waals surface area contributed by atoms with E-state index in [1.165, 1.54) is 19.3 Å². The summed E-state index contributed by atoms with van der Waals surface area (Å²) in [7, 11) is 0. The summed E-state index contributed by atoms with van der Waals surface area (Å²) in [5, 5.41) is 6.09. The predicted molar refractivity (Wildman–Crippen MR) is 84.0 cm³/mol. The van der Waals surface area contributed by atoms with Crippen LogP contribution in [-0.2, 0) is 6.54 Å². The minimum Gasteiger partial charge on any atom is -0.338 e. The minimum absolute atomic E-state index is 0.000570. The van der Waals surface area contributed by atoms with E-state index < -0.39 is 0 Å². The SMILES string of the molecule is CC[C@@H]1CCC[C@H](NC(=O)NCCCCn2ccnc2)C1. The molecule has 2 atom stereocenters. The van der Waals surface area contributed by atoms with Crippen molar-refractivity contribution in [1.29, 1.82) is 0 Å². The molecular weight excluding hydrogens is 264 g/mol. The molecule has 0 unspecified atom stereocenters. The Labute approximate surface area is 127 Å². The standard InChI is InChI=1S/C16H28N4O/c1-2-14-6-5-7-15(12-14)19-16(21)18-8-3-4-10-20-11-9-17-13-20/h9,11,13-15H,2-8,10,12H2,1H3,(H2,18,19,21)/t14-,15+/m1/s1. The van der Waals surface area contributed by atoms with Crippen LogP contribution in [0.25, 0.3) is 0 Å². The maximum absolute atomic E-state index is 11.9. The van der Waals surface area contributed by atoms with Crippen LogP contribution in [0.2, 0.25) is 0 Å². The summed E-state index contributed by atoms with van der Waals surface area (Å²) in [6, 6.07) is 0.369. The van der Waals surface area contributed by atoms with E-state index in [1.54, 1.807) is 6.20 Å². The summed E-state index contributed by atoms with van der Waals surface area (Å²) in [5.41, 5.74) is 0. The van der Waals surface area contributed by atoms with Gasteiger partial charge in [-0.15, -0.1) is 0 Å². The Morgan fingerprint density at radius 1 is 1.38 bits per heavy atom. The van der Waals surface area contributed by atoms with Gasteiger partial charge in [-0.2, -0.15) is 0 Å². The molecule has 1 aromatic heterocycles. The molecule has 0 radical (unpaired) electrons. The van der Waals surface area contributed by atoms with Crippen molar-refractivity contribution in [2.24, 2.45) is 5.92 Å². The molecule has 1 aliphatic rings. The summed E-state index contributed by atoms with van der Waals surface area (Å²) in [6.07, 6.45) is 13.7. The van der Waals surface area contributed by atoms with Gasteiger partial charge >= 0.3 is 6.03 Å². The molecule has 1 saturated carbocycles. The zero-order chi connectivity index (χ0) is 14.9. The average Bonchev–Trinajstić information content (AvgIpc) is 3.00. The molecule has 0 spiro atoms. The van der Waals surface area contributed by atoms with Crippen LogP contribution in [0.15, 0.2) is 18.7 Å². The highest BCUT2D eigenvalue weighted by Gasteiger charge is 2.21. The number of aromatic nitrogens is 2. The van der Waals surface area contributed by atoms with E-state index in [4.69, 9.17) is 0 Å². The number of hydrogen-bond donors (Lipinski definition) is 2. The summed E-state index contributed by atoms with van der Waals surface area (Å²) in [4.78, 5) is 15.9. The fraction of sp³-hybridized carbons (Fsp3) is 0.750. The molecule has 2 N–H and O–H groups in total. The van der Waals surface area contributed by atoms with Gasteiger partial charge in [-0.25, -0.2) is 9.78 Å². The maximum Gasteiger partial charge on any atom is 0.315 e. The Balaban J connectivity index is 1.53. The second-order valence-corrected chi connectivity index (χ2v) is 6.05. The first-order valence-corrected chi connectivity index (χ1v) is 8.28. The van der Waals surface area contributed by atoms with Crippen LogP contribution in [0.5, 0.6) is 0 Å². The Bertz CT molecular complexity index is 404. The number of rotatable bonds is 7. The first-order chi connectivity index (χ1) is 10.3. The van der Waals surface area contributed by atoms with Crippen molar-refractivity contribution in [3.8, 4) is 0 Å². The summed E-state index contributed by atoms with van der Waals surface area (Å²) in [6.45, 7) is 3.95. The van der Waals surface area contributed by atoms with Gasteiger partial charge in [0.15, 0.2) is 0 Å². The van der Waals surface area contributed by atoms with E-state index in [1.807, 2.05) is 12.5 Å². The number of aryl methyl sites for hydroxylation is 1. The number of carbonyl (C=O) groups is 1. The van der Waals surface area contributed by atoms with Gasteiger partial charge in [0, 0.05) is 31.5 Å². The zero-order valence-corrected chi connectivity index (χ0v) is 13.1. The van der Waals surface area contributed by atoms with Crippen LogP contribution < -0.4 is 10.6 Å². The van der Waals surface area contributed by atoms with Gasteiger partial charge in [0.1, 0.15) is 0 Å². The predicted octanol–water partition coefficient (Wildman–Crippen LogP) is 2.93. The lowest BCUT2D eigenvalue weighted by atomic mass is 9.84. The van der Waals surface area contributed by atoms with Crippen LogP contribution in [0.3, 0.4) is 0 Å². The normalized spacial score (nSPS) is 22.0. The molecule has 5 nitrogen and oxygen atoms in total. The third-order valence-corrected chi connectivity index (χ3v) is 4.38. The molecule has 118 valence electrons. The molecule has 0 saturated heterocycles. The summed E-state index contributed by atoms with van der Waals surface area (Å²) in [5.74, 6) is 0.791. The van der Waals surface area contributed by atoms with E-state index >= 15 is 0 Å². The number of imidazole rings is 1. The quantitative estimate of drug-likeness (QED) is 0.759. The summed E-state index contributed by atoms with van der Waals surface area (Å²) < 4.78 is 2.06. The third kappa shape index (κ3) is 5.78. The number of unbranched alkanes of at least 4 members (excludes halogenated alkanes) is 1. The highest BCUT2D eigenvalue weighted by atomic mass is 16.2. The lowest BCUT2D eigenvalue weighted by Gasteiger charge is -2.29. The van der Waals surface area contributed by atoms with Crippen LogP contribution in [0.1, 0.15) is 51.9 Å². The van der Waals surface area contributed by atoms with E-state index in [0.29, 0.717) is 6.04 Å². The first kappa shape index (κ1) is 15.9. The topological polar surface area (TPSA) is 59.0 Å². The van der Waals surface area contributed by atoms with Gasteiger partial charge < -0.3 is 15.2 Å².